The molecule has 0 spiro atoms. The van der Waals surface area contributed by atoms with Gasteiger partial charge in [-0.15, -0.1) is 0 Å². The van der Waals surface area contributed by atoms with Crippen LogP contribution in [0.3, 0.4) is 0 Å². The molecule has 0 aromatic carbocycles. The maximum absolute atomic E-state index is 13.2. The molecule has 1 fully saturated rings. The summed E-state index contributed by atoms with van der Waals surface area (Å²) in [6.45, 7) is 3.17. The fourth-order valence-corrected chi connectivity index (χ4v) is 4.71. The minimum atomic E-state index is -2.53. The number of imidazole rings is 1. The van der Waals surface area contributed by atoms with E-state index in [2.05, 4.69) is 31.1 Å². The van der Waals surface area contributed by atoms with Gasteiger partial charge < -0.3 is 9.55 Å². The first-order valence-electron chi connectivity index (χ1n) is 12.1. The van der Waals surface area contributed by atoms with Crippen molar-refractivity contribution in [1.29, 1.82) is 5.26 Å². The molecule has 0 radical (unpaired) electrons. The minimum Gasteiger partial charge on any atom is -0.308 e. The molecule has 0 amide bonds. The number of aromatic nitrogens is 6. The molecule has 2 N–H and O–H groups in total. The van der Waals surface area contributed by atoms with E-state index in [9.17, 15) is 14.0 Å². The maximum atomic E-state index is 13.2. The van der Waals surface area contributed by atoms with Gasteiger partial charge in [-0.05, 0) is 57.7 Å². The number of aryl methyl sites for hydroxylation is 1. The van der Waals surface area contributed by atoms with Gasteiger partial charge in [-0.1, -0.05) is 0 Å². The van der Waals surface area contributed by atoms with Crippen molar-refractivity contribution in [3.05, 3.63) is 41.3 Å². The van der Waals surface area contributed by atoms with Gasteiger partial charge >= 0.3 is 0 Å². The van der Waals surface area contributed by atoms with Crippen molar-refractivity contribution in [3.8, 4) is 17.3 Å². The standard InChI is InChI=1S/C24H27F2N9/c1-14-29-18-5-4-17(31-22(18)34(14)12-19(25)26)16-8-11-35-20(16)21(28-3)32-23(33-35)30-15-6-9-24(2,13-27)10-7-15/h4-5,8,11,15,19H,6-7,9-10,12H2,1-3H3,(H2,28,30,32,33)/i11D. The first-order chi connectivity index (χ1) is 17.2. The topological polar surface area (TPSA) is 115 Å². The van der Waals surface area contributed by atoms with Gasteiger partial charge in [-0.3, -0.25) is 14.6 Å². The molecule has 0 saturated heterocycles. The number of hydrogen-bond acceptors (Lipinski definition) is 5. The first kappa shape index (κ1) is 21.7. The van der Waals surface area contributed by atoms with Crippen LogP contribution in [0.1, 0.15) is 39.8 Å². The molecule has 4 heterocycles. The highest BCUT2D eigenvalue weighted by atomic mass is 19.3. The largest absolute Gasteiger partial charge is 0.308 e. The van der Waals surface area contributed by atoms with Crippen LogP contribution in [0.25, 0.3) is 27.9 Å². The molecular formula is C24H27F2N9. The molecule has 9 nitrogen and oxygen atoms in total. The van der Waals surface area contributed by atoms with Gasteiger partial charge in [0.25, 0.3) is 6.43 Å². The summed E-state index contributed by atoms with van der Waals surface area (Å²) in [4.78, 5) is 21.4. The molecule has 182 valence electrons. The molecule has 4 aromatic rings. The third-order valence-corrected chi connectivity index (χ3v) is 6.74. The zero-order valence-electron chi connectivity index (χ0n) is 20.8. The smallest absolute Gasteiger partial charge is 0.256 e. The summed E-state index contributed by atoms with van der Waals surface area (Å²) in [5, 5.41) is 12.5. The average molecular weight is 481 g/mol. The van der Waals surface area contributed by atoms with E-state index in [4.69, 9.17) is 6.36 Å². The second-order valence-electron chi connectivity index (χ2n) is 9.26. The zero-order valence-corrected chi connectivity index (χ0v) is 19.8. The molecule has 11 heteroatoms. The summed E-state index contributed by atoms with van der Waals surface area (Å²) in [6, 6.07) is 7.64. The number of nitriles is 1. The van der Waals surface area contributed by atoms with Gasteiger partial charge in [0.1, 0.15) is 16.9 Å². The third kappa shape index (κ3) is 4.24. The van der Waals surface area contributed by atoms with Crippen LogP contribution in [0, 0.1) is 23.7 Å². The molecule has 1 saturated carbocycles. The van der Waals surface area contributed by atoms with E-state index in [0.717, 1.165) is 25.7 Å². The predicted molar refractivity (Wildman–Crippen MR) is 126 cm³/mol. The SMILES string of the molecule is [2H]c1cc(-c2ccc3nc(C)n(CC(F)F)c3n2)c2c(=NC)[nH]c(=NC3CCC(C)(C#N)CC3)[nH]n12. The van der Waals surface area contributed by atoms with Crippen LogP contribution in [0.5, 0.6) is 0 Å². The molecule has 0 bridgehead atoms. The number of hydrogen-bond donors (Lipinski definition) is 2. The van der Waals surface area contributed by atoms with Crippen LogP contribution < -0.4 is 11.1 Å². The molecule has 0 unspecified atom stereocenters. The Bertz CT molecular complexity index is 1630. The number of nitrogens with one attached hydrogen (secondary N) is 2. The predicted octanol–water partition coefficient (Wildman–Crippen LogP) is 3.48. The molecular weight excluding hydrogens is 452 g/mol. The quantitative estimate of drug-likeness (QED) is 0.466. The van der Waals surface area contributed by atoms with E-state index in [1.165, 1.54) is 4.57 Å². The Kier molecular flexibility index (Phi) is 5.43. The number of fused-ring (bicyclic) bond motifs is 2. The van der Waals surface area contributed by atoms with Crippen molar-refractivity contribution in [1.82, 2.24) is 29.1 Å². The van der Waals surface area contributed by atoms with Gasteiger partial charge in [-0.25, -0.2) is 23.7 Å². The van der Waals surface area contributed by atoms with E-state index < -0.39 is 13.0 Å². The molecule has 35 heavy (non-hydrogen) atoms. The molecule has 4 aromatic heterocycles. The summed E-state index contributed by atoms with van der Waals surface area (Å²) in [6.07, 6.45) is 0.841. The fourth-order valence-electron chi connectivity index (χ4n) is 4.71. The Morgan fingerprint density at radius 1 is 1.31 bits per heavy atom. The van der Waals surface area contributed by atoms with Crippen molar-refractivity contribution in [2.45, 2.75) is 58.5 Å². The zero-order chi connectivity index (χ0) is 25.6. The Labute approximate surface area is 201 Å². The monoisotopic (exact) mass is 480 g/mol. The second-order valence-corrected chi connectivity index (χ2v) is 9.26. The van der Waals surface area contributed by atoms with Crippen molar-refractivity contribution in [2.24, 2.45) is 15.4 Å². The van der Waals surface area contributed by atoms with Crippen molar-refractivity contribution < 1.29 is 10.2 Å². The molecule has 0 aliphatic heterocycles. The number of rotatable bonds is 4. The minimum absolute atomic E-state index is 0.0627. The van der Waals surface area contributed by atoms with E-state index in [1.54, 1.807) is 36.7 Å². The number of halogens is 2. The Hall–Kier alpha value is -3.81. The van der Waals surface area contributed by atoms with Crippen LogP contribution in [0.4, 0.5) is 8.78 Å². The highest BCUT2D eigenvalue weighted by Crippen LogP contribution is 2.36. The van der Waals surface area contributed by atoms with Crippen molar-refractivity contribution in [3.63, 3.8) is 0 Å². The Balaban J connectivity index is 1.60. The number of alkyl halides is 2. The van der Waals surface area contributed by atoms with Crippen molar-refractivity contribution in [2.75, 3.05) is 7.05 Å². The number of H-pyrrole nitrogens is 2. The highest BCUT2D eigenvalue weighted by Gasteiger charge is 2.30. The van der Waals surface area contributed by atoms with E-state index in [1.807, 2.05) is 6.92 Å². The summed E-state index contributed by atoms with van der Waals surface area (Å²) in [5.41, 5.74) is 3.36. The lowest BCUT2D eigenvalue weighted by atomic mass is 9.75. The molecule has 1 aliphatic carbocycles. The average Bonchev–Trinajstić information content (AvgIpc) is 3.35. The summed E-state index contributed by atoms with van der Waals surface area (Å²) >= 11 is 0. The van der Waals surface area contributed by atoms with Crippen LogP contribution >= 0.6 is 0 Å². The lowest BCUT2D eigenvalue weighted by Crippen LogP contribution is -2.31. The van der Waals surface area contributed by atoms with Crippen LogP contribution in [-0.2, 0) is 6.54 Å². The fraction of sp³-hybridized carbons (Fsp3) is 0.458. The number of pyridine rings is 1. The number of aromatic amines is 2. The normalized spacial score (nSPS) is 22.3. The van der Waals surface area contributed by atoms with Crippen LogP contribution in [0.2, 0.25) is 0 Å². The van der Waals surface area contributed by atoms with Crippen molar-refractivity contribution >= 4 is 16.7 Å². The summed E-state index contributed by atoms with van der Waals surface area (Å²) in [5.74, 6) is 0.466. The second kappa shape index (κ2) is 8.76. The van der Waals surface area contributed by atoms with Gasteiger partial charge in [0.15, 0.2) is 11.1 Å². The summed E-state index contributed by atoms with van der Waals surface area (Å²) in [7, 11) is 1.65. The maximum Gasteiger partial charge on any atom is 0.256 e. The third-order valence-electron chi connectivity index (χ3n) is 6.74. The Morgan fingerprint density at radius 2 is 2.09 bits per heavy atom. The van der Waals surface area contributed by atoms with Gasteiger partial charge in [-0.2, -0.15) is 5.26 Å². The van der Waals surface area contributed by atoms with Gasteiger partial charge in [0.2, 0.25) is 5.62 Å². The van der Waals surface area contributed by atoms with Crippen LogP contribution in [-0.4, -0.2) is 48.6 Å². The van der Waals surface area contributed by atoms with E-state index in [0.29, 0.717) is 44.9 Å². The van der Waals surface area contributed by atoms with E-state index in [-0.39, 0.29) is 17.6 Å². The highest BCUT2D eigenvalue weighted by molar-refractivity contribution is 5.82. The van der Waals surface area contributed by atoms with Gasteiger partial charge in [0, 0.05) is 18.8 Å². The number of nitrogens with zero attached hydrogens (tertiary/aromatic N) is 7. The molecule has 5 rings (SSSR count). The van der Waals surface area contributed by atoms with E-state index >= 15 is 0 Å². The van der Waals surface area contributed by atoms with Crippen LogP contribution in [0.15, 0.2) is 34.4 Å². The van der Waals surface area contributed by atoms with Gasteiger partial charge in [0.05, 0.1) is 31.1 Å². The summed E-state index contributed by atoms with van der Waals surface area (Å²) < 4.78 is 37.9. The Morgan fingerprint density at radius 3 is 2.77 bits per heavy atom. The molecule has 0 atom stereocenters. The molecule has 1 aliphatic rings. The lowest BCUT2D eigenvalue weighted by Gasteiger charge is -2.29. The lowest BCUT2D eigenvalue weighted by molar-refractivity contribution is 0.127. The first-order valence-corrected chi connectivity index (χ1v) is 11.6.